The minimum absolute atomic E-state index is 0.105. The van der Waals surface area contributed by atoms with E-state index in [-0.39, 0.29) is 17.9 Å². The topological polar surface area (TPSA) is 101 Å². The van der Waals surface area contributed by atoms with Crippen molar-refractivity contribution < 1.29 is 14.9 Å². The summed E-state index contributed by atoms with van der Waals surface area (Å²) in [7, 11) is 0. The minimum Gasteiger partial charge on any atom is -0.508 e. The quantitative estimate of drug-likeness (QED) is 0.482. The molecule has 6 heteroatoms. The summed E-state index contributed by atoms with van der Waals surface area (Å²) >= 11 is 0. The summed E-state index contributed by atoms with van der Waals surface area (Å²) in [5.74, 6) is 0.713. The zero-order valence-electron chi connectivity index (χ0n) is 16.1. The van der Waals surface area contributed by atoms with Crippen molar-refractivity contribution in [3.05, 3.63) is 59.8 Å². The maximum atomic E-state index is 10.3. The van der Waals surface area contributed by atoms with Gasteiger partial charge in [-0.1, -0.05) is 12.1 Å². The van der Waals surface area contributed by atoms with Crippen LogP contribution in [0.4, 0.5) is 0 Å². The molecule has 3 rings (SSSR count). The Bertz CT molecular complexity index is 988. The number of aromatic hydroxyl groups is 1. The summed E-state index contributed by atoms with van der Waals surface area (Å²) in [6, 6.07) is 14.3. The van der Waals surface area contributed by atoms with Gasteiger partial charge in [0.25, 0.3) is 0 Å². The van der Waals surface area contributed by atoms with Crippen LogP contribution in [0.5, 0.6) is 11.5 Å². The van der Waals surface area contributed by atoms with Gasteiger partial charge < -0.3 is 25.3 Å². The molecule has 28 heavy (non-hydrogen) atoms. The number of hydrogen-bond donors (Lipinski definition) is 4. The van der Waals surface area contributed by atoms with Crippen molar-refractivity contribution in [2.75, 3.05) is 13.2 Å². The number of aromatic nitrogens is 1. The molecule has 0 aliphatic carbocycles. The predicted molar refractivity (Wildman–Crippen MR) is 108 cm³/mol. The molecule has 1 aromatic heterocycles. The highest BCUT2D eigenvalue weighted by Gasteiger charge is 2.21. The lowest BCUT2D eigenvalue weighted by Gasteiger charge is -2.28. The average molecular weight is 379 g/mol. The first-order valence-electron chi connectivity index (χ1n) is 9.22. The van der Waals surface area contributed by atoms with Crippen LogP contribution in [-0.4, -0.2) is 40.0 Å². The first kappa shape index (κ1) is 19.7. The highest BCUT2D eigenvalue weighted by atomic mass is 16.5. The van der Waals surface area contributed by atoms with Gasteiger partial charge in [-0.3, -0.25) is 0 Å². The number of rotatable bonds is 8. The molecule has 1 atom stereocenters. The number of fused-ring (bicyclic) bond motifs is 1. The second-order valence-corrected chi connectivity index (χ2v) is 7.56. The van der Waals surface area contributed by atoms with Crippen molar-refractivity contribution in [1.82, 2.24) is 10.3 Å². The van der Waals surface area contributed by atoms with Crippen molar-refractivity contribution in [2.24, 2.45) is 0 Å². The van der Waals surface area contributed by atoms with E-state index in [1.54, 1.807) is 36.4 Å². The number of phenolic OH excluding ortho intramolecular Hbond substituents is 1. The Morgan fingerprint density at radius 2 is 2.04 bits per heavy atom. The number of β-amino-alcohol motifs (C(OH)–C–C–N with tert-alkyl or cyclic N) is 1. The molecule has 146 valence electrons. The molecule has 6 nitrogen and oxygen atoms in total. The number of benzene rings is 2. The minimum atomic E-state index is -0.703. The second-order valence-electron chi connectivity index (χ2n) is 7.56. The van der Waals surface area contributed by atoms with Crippen LogP contribution in [-0.2, 0) is 6.42 Å². The summed E-state index contributed by atoms with van der Waals surface area (Å²) in [5.41, 5.74) is 2.24. The number of para-hydroxylation sites is 1. The maximum Gasteiger partial charge on any atom is 0.137 e. The summed E-state index contributed by atoms with van der Waals surface area (Å²) in [6.07, 6.45) is 2.00. The van der Waals surface area contributed by atoms with Crippen LogP contribution < -0.4 is 10.1 Å². The smallest absolute Gasteiger partial charge is 0.137 e. The molecule has 0 radical (unpaired) electrons. The summed E-state index contributed by atoms with van der Waals surface area (Å²) in [5, 5.41) is 33.4. The highest BCUT2D eigenvalue weighted by molar-refractivity contribution is 5.84. The van der Waals surface area contributed by atoms with Gasteiger partial charge in [0.2, 0.25) is 0 Å². The third-order valence-electron chi connectivity index (χ3n) is 4.64. The summed E-state index contributed by atoms with van der Waals surface area (Å²) < 4.78 is 5.59. The SMILES string of the molecule is CC(C)(Cc1c[nH]c2cc(O)ccc12)NCC(O)COc1ccccc1C#N. The van der Waals surface area contributed by atoms with E-state index in [2.05, 4.69) is 30.2 Å². The largest absolute Gasteiger partial charge is 0.508 e. The third-order valence-corrected chi connectivity index (χ3v) is 4.64. The van der Waals surface area contributed by atoms with Crippen molar-refractivity contribution in [3.8, 4) is 17.6 Å². The summed E-state index contributed by atoms with van der Waals surface area (Å²) in [4.78, 5) is 3.18. The Kier molecular flexibility index (Phi) is 5.88. The van der Waals surface area contributed by atoms with Crippen LogP contribution in [0.3, 0.4) is 0 Å². The maximum absolute atomic E-state index is 10.3. The highest BCUT2D eigenvalue weighted by Crippen LogP contribution is 2.25. The van der Waals surface area contributed by atoms with Crippen LogP contribution in [0, 0.1) is 11.3 Å². The molecule has 0 aliphatic rings. The van der Waals surface area contributed by atoms with Crippen molar-refractivity contribution in [1.29, 1.82) is 5.26 Å². The Hall–Kier alpha value is -3.01. The molecule has 0 bridgehead atoms. The van der Waals surface area contributed by atoms with E-state index in [1.807, 2.05) is 12.3 Å². The van der Waals surface area contributed by atoms with Crippen molar-refractivity contribution in [2.45, 2.75) is 31.9 Å². The van der Waals surface area contributed by atoms with Gasteiger partial charge in [-0.15, -0.1) is 0 Å². The number of hydrogen-bond acceptors (Lipinski definition) is 5. The zero-order chi connectivity index (χ0) is 20.1. The van der Waals surface area contributed by atoms with Gasteiger partial charge in [0.05, 0.1) is 5.56 Å². The molecule has 4 N–H and O–H groups in total. The fraction of sp³-hybridized carbons (Fsp3) is 0.318. The number of ether oxygens (including phenoxy) is 1. The molecule has 0 saturated heterocycles. The number of H-pyrrole nitrogens is 1. The number of nitrogens with one attached hydrogen (secondary N) is 2. The van der Waals surface area contributed by atoms with Gasteiger partial charge >= 0.3 is 0 Å². The number of aliphatic hydroxyl groups excluding tert-OH is 1. The third kappa shape index (κ3) is 4.83. The van der Waals surface area contributed by atoms with Gasteiger partial charge in [0, 0.05) is 35.2 Å². The Morgan fingerprint density at radius 1 is 1.25 bits per heavy atom. The fourth-order valence-electron chi connectivity index (χ4n) is 3.18. The number of aromatic amines is 1. The average Bonchev–Trinajstić information content (AvgIpc) is 3.06. The Labute approximate surface area is 164 Å². The van der Waals surface area contributed by atoms with Crippen LogP contribution in [0.1, 0.15) is 25.0 Å². The molecular weight excluding hydrogens is 354 g/mol. The van der Waals surface area contributed by atoms with E-state index < -0.39 is 6.10 Å². The van der Waals surface area contributed by atoms with E-state index >= 15 is 0 Å². The van der Waals surface area contributed by atoms with Crippen molar-refractivity contribution in [3.63, 3.8) is 0 Å². The molecule has 0 fully saturated rings. The van der Waals surface area contributed by atoms with E-state index in [0.717, 1.165) is 22.9 Å². The van der Waals surface area contributed by atoms with Gasteiger partial charge in [-0.05, 0) is 50.1 Å². The van der Waals surface area contributed by atoms with E-state index in [1.165, 1.54) is 0 Å². The standard InChI is InChI=1S/C22H25N3O3/c1-22(2,10-16-12-24-20-9-17(26)7-8-19(16)20)25-13-18(27)14-28-21-6-4-3-5-15(21)11-23/h3-9,12,18,24-27H,10,13-14H2,1-2H3. The number of aliphatic hydroxyl groups is 1. The van der Waals surface area contributed by atoms with Gasteiger partial charge in [-0.25, -0.2) is 0 Å². The zero-order valence-corrected chi connectivity index (χ0v) is 16.1. The fourth-order valence-corrected chi connectivity index (χ4v) is 3.18. The molecule has 1 heterocycles. The Balaban J connectivity index is 1.54. The van der Waals surface area contributed by atoms with Crippen LogP contribution in [0.2, 0.25) is 0 Å². The molecular formula is C22H25N3O3. The molecule has 0 aliphatic heterocycles. The lowest BCUT2D eigenvalue weighted by atomic mass is 9.94. The Morgan fingerprint density at radius 3 is 2.82 bits per heavy atom. The monoisotopic (exact) mass is 379 g/mol. The predicted octanol–water partition coefficient (Wildman–Crippen LogP) is 3.10. The molecule has 0 amide bonds. The number of nitrogens with zero attached hydrogens (tertiary/aromatic N) is 1. The van der Waals surface area contributed by atoms with Crippen LogP contribution in [0.25, 0.3) is 10.9 Å². The molecule has 0 saturated carbocycles. The van der Waals surface area contributed by atoms with Gasteiger partial charge in [0.15, 0.2) is 0 Å². The van der Waals surface area contributed by atoms with E-state index in [9.17, 15) is 10.2 Å². The molecule has 2 aromatic carbocycles. The van der Waals surface area contributed by atoms with Gasteiger partial charge in [0.1, 0.15) is 30.3 Å². The molecule has 0 spiro atoms. The van der Waals surface area contributed by atoms with Crippen LogP contribution in [0.15, 0.2) is 48.7 Å². The first-order valence-corrected chi connectivity index (χ1v) is 9.22. The van der Waals surface area contributed by atoms with Gasteiger partial charge in [-0.2, -0.15) is 5.26 Å². The summed E-state index contributed by atoms with van der Waals surface area (Å²) in [6.45, 7) is 4.62. The first-order chi connectivity index (χ1) is 13.4. The lowest BCUT2D eigenvalue weighted by molar-refractivity contribution is 0.0987. The number of phenols is 1. The second kappa shape index (κ2) is 8.34. The van der Waals surface area contributed by atoms with Crippen LogP contribution >= 0.6 is 0 Å². The lowest BCUT2D eigenvalue weighted by Crippen LogP contribution is -2.46. The van der Waals surface area contributed by atoms with E-state index in [0.29, 0.717) is 17.9 Å². The molecule has 1 unspecified atom stereocenters. The van der Waals surface area contributed by atoms with E-state index in [4.69, 9.17) is 10.00 Å². The van der Waals surface area contributed by atoms with Crippen molar-refractivity contribution >= 4 is 10.9 Å². The normalized spacial score (nSPS) is 12.6. The number of nitriles is 1. The molecule has 3 aromatic rings.